The van der Waals surface area contributed by atoms with Crippen molar-refractivity contribution in [2.75, 3.05) is 31.8 Å². The molecule has 0 aliphatic carbocycles. The van der Waals surface area contributed by atoms with E-state index in [1.54, 1.807) is 18.9 Å². The van der Waals surface area contributed by atoms with Crippen LogP contribution >= 0.6 is 11.8 Å². The molecule has 102 valence electrons. The van der Waals surface area contributed by atoms with E-state index in [0.717, 1.165) is 30.2 Å². The average Bonchev–Trinajstić information content (AvgIpc) is 2.42. The van der Waals surface area contributed by atoms with Crippen molar-refractivity contribution in [1.82, 2.24) is 5.32 Å². The van der Waals surface area contributed by atoms with Crippen LogP contribution in [-0.4, -0.2) is 36.9 Å². The lowest BCUT2D eigenvalue weighted by atomic mass is 10.1. The molecule has 0 aliphatic rings. The van der Waals surface area contributed by atoms with E-state index in [-0.39, 0.29) is 12.6 Å². The Morgan fingerprint density at radius 1 is 1.39 bits per heavy atom. The summed E-state index contributed by atoms with van der Waals surface area (Å²) in [6.07, 6.45) is 1.11. The molecule has 0 saturated heterocycles. The van der Waals surface area contributed by atoms with Crippen LogP contribution in [-0.2, 0) is 0 Å². The summed E-state index contributed by atoms with van der Waals surface area (Å²) in [6.45, 7) is 3.38. The maximum Gasteiger partial charge on any atom is 0.123 e. The van der Waals surface area contributed by atoms with Crippen molar-refractivity contribution < 1.29 is 9.84 Å². The lowest BCUT2D eigenvalue weighted by Crippen LogP contribution is -2.24. The first-order valence-corrected chi connectivity index (χ1v) is 7.53. The molecule has 0 aromatic heterocycles. The predicted molar refractivity (Wildman–Crippen MR) is 78.4 cm³/mol. The number of aliphatic hydroxyl groups excluding tert-OH is 1. The molecule has 0 amide bonds. The van der Waals surface area contributed by atoms with E-state index in [0.29, 0.717) is 0 Å². The highest BCUT2D eigenvalue weighted by molar-refractivity contribution is 7.99. The van der Waals surface area contributed by atoms with E-state index in [1.807, 2.05) is 18.2 Å². The number of hydrogen-bond donors (Lipinski definition) is 2. The average molecular weight is 269 g/mol. The number of hydrogen-bond acceptors (Lipinski definition) is 4. The molecule has 0 radical (unpaired) electrons. The molecule has 0 bridgehead atoms. The molecular weight excluding hydrogens is 246 g/mol. The van der Waals surface area contributed by atoms with Gasteiger partial charge in [-0.2, -0.15) is 11.8 Å². The van der Waals surface area contributed by atoms with Gasteiger partial charge in [0.2, 0.25) is 0 Å². The molecule has 3 nitrogen and oxygen atoms in total. The number of ether oxygens (including phenoxy) is 1. The first kappa shape index (κ1) is 15.3. The zero-order valence-electron chi connectivity index (χ0n) is 11.2. The van der Waals surface area contributed by atoms with E-state index in [1.165, 1.54) is 5.56 Å². The Balaban J connectivity index is 2.72. The highest BCUT2D eigenvalue weighted by Crippen LogP contribution is 2.27. The minimum absolute atomic E-state index is 0.233. The van der Waals surface area contributed by atoms with Gasteiger partial charge in [-0.15, -0.1) is 0 Å². The highest BCUT2D eigenvalue weighted by atomic mass is 32.2. The summed E-state index contributed by atoms with van der Waals surface area (Å²) >= 11 is 1.76. The summed E-state index contributed by atoms with van der Waals surface area (Å²) in [6, 6.07) is 8.39. The summed E-state index contributed by atoms with van der Waals surface area (Å²) in [5, 5.41) is 12.4. The molecule has 1 aromatic rings. The molecule has 1 aromatic carbocycles. The first-order valence-electron chi connectivity index (χ1n) is 6.38. The fraction of sp³-hybridized carbons (Fsp3) is 0.571. The SMILES string of the molecule is CCCNC(CSCCO)c1ccccc1OC. The Hall–Kier alpha value is -0.710. The third-order valence-electron chi connectivity index (χ3n) is 2.68. The van der Waals surface area contributed by atoms with Gasteiger partial charge in [0.15, 0.2) is 0 Å². The van der Waals surface area contributed by atoms with Crippen molar-refractivity contribution in [3.8, 4) is 5.75 Å². The fourth-order valence-corrected chi connectivity index (χ4v) is 2.63. The maximum atomic E-state index is 8.86. The Morgan fingerprint density at radius 3 is 2.83 bits per heavy atom. The van der Waals surface area contributed by atoms with Crippen LogP contribution in [0.25, 0.3) is 0 Å². The Morgan fingerprint density at radius 2 is 2.17 bits per heavy atom. The Bertz CT molecular complexity index is 333. The zero-order valence-corrected chi connectivity index (χ0v) is 12.0. The van der Waals surface area contributed by atoms with Gasteiger partial charge in [-0.25, -0.2) is 0 Å². The van der Waals surface area contributed by atoms with Crippen LogP contribution in [0.15, 0.2) is 24.3 Å². The summed E-state index contributed by atoms with van der Waals surface area (Å²) < 4.78 is 5.41. The maximum absolute atomic E-state index is 8.86. The number of benzene rings is 1. The van der Waals surface area contributed by atoms with Gasteiger partial charge < -0.3 is 15.2 Å². The van der Waals surface area contributed by atoms with E-state index < -0.39 is 0 Å². The predicted octanol–water partition coefficient (Wildman–Crippen LogP) is 2.46. The van der Waals surface area contributed by atoms with Crippen molar-refractivity contribution in [2.45, 2.75) is 19.4 Å². The molecule has 0 saturated carbocycles. The van der Waals surface area contributed by atoms with Crippen molar-refractivity contribution >= 4 is 11.8 Å². The number of thioether (sulfide) groups is 1. The number of methoxy groups -OCH3 is 1. The largest absolute Gasteiger partial charge is 0.496 e. The lowest BCUT2D eigenvalue weighted by Gasteiger charge is -2.20. The Labute approximate surface area is 114 Å². The van der Waals surface area contributed by atoms with E-state index in [9.17, 15) is 0 Å². The second kappa shape index (κ2) is 9.25. The molecule has 0 aliphatic heterocycles. The van der Waals surface area contributed by atoms with Crippen LogP contribution in [0.2, 0.25) is 0 Å². The molecule has 0 heterocycles. The normalized spacial score (nSPS) is 12.4. The third-order valence-corrected chi connectivity index (χ3v) is 3.72. The molecule has 1 atom stereocenters. The van der Waals surface area contributed by atoms with Crippen LogP contribution in [0.1, 0.15) is 24.9 Å². The third kappa shape index (κ3) is 4.88. The van der Waals surface area contributed by atoms with Crippen molar-refractivity contribution in [1.29, 1.82) is 0 Å². The summed E-state index contributed by atoms with van der Waals surface area (Å²) in [5.74, 6) is 2.65. The van der Waals surface area contributed by atoms with Gasteiger partial charge in [0.25, 0.3) is 0 Å². The van der Waals surface area contributed by atoms with Crippen molar-refractivity contribution in [3.63, 3.8) is 0 Å². The van der Waals surface area contributed by atoms with Crippen LogP contribution in [0.4, 0.5) is 0 Å². The van der Waals surface area contributed by atoms with Crippen molar-refractivity contribution in [3.05, 3.63) is 29.8 Å². The Kier molecular flexibility index (Phi) is 7.89. The second-order valence-electron chi connectivity index (χ2n) is 4.05. The monoisotopic (exact) mass is 269 g/mol. The van der Waals surface area contributed by atoms with Gasteiger partial charge >= 0.3 is 0 Å². The lowest BCUT2D eigenvalue weighted by molar-refractivity contribution is 0.322. The second-order valence-corrected chi connectivity index (χ2v) is 5.20. The van der Waals surface area contributed by atoms with E-state index in [2.05, 4.69) is 18.3 Å². The molecule has 1 unspecified atom stereocenters. The van der Waals surface area contributed by atoms with Crippen LogP contribution < -0.4 is 10.1 Å². The number of aliphatic hydroxyl groups is 1. The summed E-state index contributed by atoms with van der Waals surface area (Å²) in [7, 11) is 1.70. The minimum atomic E-state index is 0.233. The van der Waals surface area contributed by atoms with Crippen LogP contribution in [0.5, 0.6) is 5.75 Å². The minimum Gasteiger partial charge on any atom is -0.496 e. The van der Waals surface area contributed by atoms with Gasteiger partial charge in [-0.1, -0.05) is 25.1 Å². The van der Waals surface area contributed by atoms with E-state index in [4.69, 9.17) is 9.84 Å². The molecule has 1 rings (SSSR count). The topological polar surface area (TPSA) is 41.5 Å². The molecule has 0 spiro atoms. The van der Waals surface area contributed by atoms with Gasteiger partial charge in [-0.3, -0.25) is 0 Å². The summed E-state index contributed by atoms with van der Waals surface area (Å²) in [4.78, 5) is 0. The van der Waals surface area contributed by atoms with Gasteiger partial charge in [0.05, 0.1) is 13.7 Å². The van der Waals surface area contributed by atoms with Gasteiger partial charge in [0, 0.05) is 23.1 Å². The molecule has 0 fully saturated rings. The fourth-order valence-electron chi connectivity index (χ4n) is 1.80. The van der Waals surface area contributed by atoms with Crippen LogP contribution in [0.3, 0.4) is 0 Å². The van der Waals surface area contributed by atoms with Gasteiger partial charge in [-0.05, 0) is 19.0 Å². The van der Waals surface area contributed by atoms with Gasteiger partial charge in [0.1, 0.15) is 5.75 Å². The molecular formula is C14H23NO2S. The smallest absolute Gasteiger partial charge is 0.123 e. The van der Waals surface area contributed by atoms with Crippen molar-refractivity contribution in [2.24, 2.45) is 0 Å². The number of para-hydroxylation sites is 1. The standard InChI is InChI=1S/C14H23NO2S/c1-3-8-15-13(11-18-10-9-16)12-6-4-5-7-14(12)17-2/h4-7,13,15-16H,3,8-11H2,1-2H3. The van der Waals surface area contributed by atoms with E-state index >= 15 is 0 Å². The first-order chi connectivity index (χ1) is 8.83. The molecule has 4 heteroatoms. The summed E-state index contributed by atoms with van der Waals surface area (Å²) in [5.41, 5.74) is 1.19. The quantitative estimate of drug-likeness (QED) is 0.676. The zero-order chi connectivity index (χ0) is 13.2. The molecule has 2 N–H and O–H groups in total. The number of rotatable bonds is 9. The van der Waals surface area contributed by atoms with Crippen LogP contribution in [0, 0.1) is 0 Å². The number of nitrogens with one attached hydrogen (secondary N) is 1. The highest BCUT2D eigenvalue weighted by Gasteiger charge is 2.14. The molecule has 18 heavy (non-hydrogen) atoms.